The number of hydrogen-bond donors (Lipinski definition) is 0. The first-order valence-electron chi connectivity index (χ1n) is 8.64. The summed E-state index contributed by atoms with van der Waals surface area (Å²) in [6.07, 6.45) is 3.53. The van der Waals surface area contributed by atoms with Crippen LogP contribution in [0.15, 0.2) is 30.6 Å². The van der Waals surface area contributed by atoms with Crippen LogP contribution in [-0.2, 0) is 11.8 Å². The molecule has 1 aliphatic rings. The van der Waals surface area contributed by atoms with E-state index in [2.05, 4.69) is 10.2 Å². The molecule has 0 N–H and O–H groups in total. The molecule has 1 aliphatic heterocycles. The van der Waals surface area contributed by atoms with Crippen LogP contribution in [0.4, 0.5) is 0 Å². The van der Waals surface area contributed by atoms with Crippen molar-refractivity contribution in [3.63, 3.8) is 0 Å². The average molecular weight is 344 g/mol. The molecule has 1 aromatic carbocycles. The van der Waals surface area contributed by atoms with E-state index in [1.54, 1.807) is 6.33 Å². The van der Waals surface area contributed by atoms with Gasteiger partial charge >= 0.3 is 0 Å². The van der Waals surface area contributed by atoms with Crippen LogP contribution in [0.5, 0.6) is 11.5 Å². The van der Waals surface area contributed by atoms with Crippen LogP contribution < -0.4 is 9.47 Å². The minimum absolute atomic E-state index is 0.0188. The molecule has 3 rings (SSSR count). The smallest absolute Gasteiger partial charge is 0.260 e. The molecule has 1 amide bonds. The molecule has 2 heterocycles. The second kappa shape index (κ2) is 8.00. The molecule has 0 aliphatic carbocycles. The maximum absolute atomic E-state index is 12.3. The lowest BCUT2D eigenvalue weighted by Gasteiger charge is -2.31. The van der Waals surface area contributed by atoms with Gasteiger partial charge in [0.2, 0.25) is 0 Å². The lowest BCUT2D eigenvalue weighted by molar-refractivity contribution is -0.134. The summed E-state index contributed by atoms with van der Waals surface area (Å²) in [5.74, 6) is 2.85. The van der Waals surface area contributed by atoms with E-state index in [1.807, 2.05) is 47.7 Å². The van der Waals surface area contributed by atoms with Gasteiger partial charge in [-0.1, -0.05) is 0 Å². The quantitative estimate of drug-likeness (QED) is 0.802. The summed E-state index contributed by atoms with van der Waals surface area (Å²) in [5.41, 5.74) is 0. The van der Waals surface area contributed by atoms with Crippen molar-refractivity contribution in [3.8, 4) is 11.5 Å². The Bertz CT molecular complexity index is 691. The number of amides is 1. The fraction of sp³-hybridized carbons (Fsp3) is 0.500. The Labute approximate surface area is 147 Å². The summed E-state index contributed by atoms with van der Waals surface area (Å²) in [4.78, 5) is 14.2. The van der Waals surface area contributed by atoms with Crippen molar-refractivity contribution >= 4 is 5.91 Å². The molecule has 0 unspecified atom stereocenters. The van der Waals surface area contributed by atoms with Gasteiger partial charge in [-0.3, -0.25) is 4.79 Å². The monoisotopic (exact) mass is 344 g/mol. The van der Waals surface area contributed by atoms with Crippen molar-refractivity contribution in [1.29, 1.82) is 0 Å². The highest BCUT2D eigenvalue weighted by atomic mass is 16.5. The number of ether oxygens (including phenoxy) is 2. The van der Waals surface area contributed by atoms with Crippen LogP contribution >= 0.6 is 0 Å². The van der Waals surface area contributed by atoms with Gasteiger partial charge in [0.1, 0.15) is 23.7 Å². The van der Waals surface area contributed by atoms with E-state index in [9.17, 15) is 4.79 Å². The number of rotatable bonds is 6. The van der Waals surface area contributed by atoms with Crippen LogP contribution in [0.3, 0.4) is 0 Å². The SMILES string of the molecule is CCOc1ccc(OCC(=O)N2CCC(c3nncn3C)CC2)cc1. The zero-order valence-corrected chi connectivity index (χ0v) is 14.7. The van der Waals surface area contributed by atoms with Gasteiger partial charge in [0.25, 0.3) is 5.91 Å². The third-order valence-electron chi connectivity index (χ3n) is 4.46. The Morgan fingerprint density at radius 1 is 1.16 bits per heavy atom. The van der Waals surface area contributed by atoms with E-state index in [0.29, 0.717) is 18.3 Å². The van der Waals surface area contributed by atoms with Crippen molar-refractivity contribution in [2.24, 2.45) is 7.05 Å². The van der Waals surface area contributed by atoms with Crippen LogP contribution in [0.25, 0.3) is 0 Å². The largest absolute Gasteiger partial charge is 0.494 e. The molecule has 0 radical (unpaired) electrons. The molecule has 0 atom stereocenters. The first-order valence-corrected chi connectivity index (χ1v) is 8.64. The topological polar surface area (TPSA) is 69.5 Å². The van der Waals surface area contributed by atoms with E-state index in [-0.39, 0.29) is 12.5 Å². The lowest BCUT2D eigenvalue weighted by atomic mass is 9.96. The average Bonchev–Trinajstić information content (AvgIpc) is 3.07. The second-order valence-electron chi connectivity index (χ2n) is 6.15. The van der Waals surface area contributed by atoms with Gasteiger partial charge in [-0.05, 0) is 44.0 Å². The van der Waals surface area contributed by atoms with Crippen LogP contribution in [0.1, 0.15) is 31.5 Å². The van der Waals surface area contributed by atoms with Gasteiger partial charge < -0.3 is 18.9 Å². The van der Waals surface area contributed by atoms with Crippen molar-refractivity contribution in [2.45, 2.75) is 25.7 Å². The third-order valence-corrected chi connectivity index (χ3v) is 4.46. The predicted octanol–water partition coefficient (Wildman–Crippen LogP) is 2.00. The minimum atomic E-state index is 0.0188. The summed E-state index contributed by atoms with van der Waals surface area (Å²) in [7, 11) is 1.96. The summed E-state index contributed by atoms with van der Waals surface area (Å²) in [6, 6.07) is 7.32. The summed E-state index contributed by atoms with van der Waals surface area (Å²) in [6.45, 7) is 4.08. The van der Waals surface area contributed by atoms with Crippen molar-refractivity contribution in [2.75, 3.05) is 26.3 Å². The van der Waals surface area contributed by atoms with Gasteiger partial charge in [0.05, 0.1) is 6.61 Å². The Kier molecular flexibility index (Phi) is 5.53. The van der Waals surface area contributed by atoms with Gasteiger partial charge in [-0.15, -0.1) is 10.2 Å². The Morgan fingerprint density at radius 3 is 2.36 bits per heavy atom. The number of aromatic nitrogens is 3. The number of likely N-dealkylation sites (tertiary alicyclic amines) is 1. The highest BCUT2D eigenvalue weighted by molar-refractivity contribution is 5.77. The molecule has 1 aromatic heterocycles. The number of benzene rings is 1. The Morgan fingerprint density at radius 2 is 1.80 bits per heavy atom. The van der Waals surface area contributed by atoms with Crippen molar-refractivity contribution in [1.82, 2.24) is 19.7 Å². The van der Waals surface area contributed by atoms with Crippen molar-refractivity contribution < 1.29 is 14.3 Å². The van der Waals surface area contributed by atoms with Gasteiger partial charge in [0, 0.05) is 26.1 Å². The third kappa shape index (κ3) is 4.29. The lowest BCUT2D eigenvalue weighted by Crippen LogP contribution is -2.40. The summed E-state index contributed by atoms with van der Waals surface area (Å²) in [5, 5.41) is 8.12. The molecular formula is C18H24N4O3. The van der Waals surface area contributed by atoms with Crippen LogP contribution in [0, 0.1) is 0 Å². The van der Waals surface area contributed by atoms with E-state index in [1.165, 1.54) is 0 Å². The number of carbonyl (C=O) groups excluding carboxylic acids is 1. The van der Waals surface area contributed by atoms with Gasteiger partial charge in [0.15, 0.2) is 6.61 Å². The number of hydrogen-bond acceptors (Lipinski definition) is 5. The van der Waals surface area contributed by atoms with Gasteiger partial charge in [-0.25, -0.2) is 0 Å². The molecule has 7 nitrogen and oxygen atoms in total. The van der Waals surface area contributed by atoms with E-state index >= 15 is 0 Å². The standard InChI is InChI=1S/C18H24N4O3/c1-3-24-15-4-6-16(7-5-15)25-12-17(23)22-10-8-14(9-11-22)18-20-19-13-21(18)2/h4-7,13-14H,3,8-12H2,1-2H3. The molecule has 2 aromatic rings. The first kappa shape index (κ1) is 17.3. The summed E-state index contributed by atoms with van der Waals surface area (Å²) >= 11 is 0. The molecular weight excluding hydrogens is 320 g/mol. The second-order valence-corrected chi connectivity index (χ2v) is 6.15. The normalized spacial score (nSPS) is 15.2. The molecule has 0 saturated carbocycles. The number of aryl methyl sites for hydroxylation is 1. The first-order chi connectivity index (χ1) is 12.2. The van der Waals surface area contributed by atoms with E-state index < -0.39 is 0 Å². The maximum Gasteiger partial charge on any atom is 0.260 e. The van der Waals surface area contributed by atoms with Gasteiger partial charge in [-0.2, -0.15) is 0 Å². The van der Waals surface area contributed by atoms with Crippen molar-refractivity contribution in [3.05, 3.63) is 36.4 Å². The highest BCUT2D eigenvalue weighted by Gasteiger charge is 2.26. The Hall–Kier alpha value is -2.57. The molecule has 1 fully saturated rings. The fourth-order valence-electron chi connectivity index (χ4n) is 3.08. The minimum Gasteiger partial charge on any atom is -0.494 e. The molecule has 0 spiro atoms. The Balaban J connectivity index is 1.45. The molecule has 1 saturated heterocycles. The predicted molar refractivity (Wildman–Crippen MR) is 92.7 cm³/mol. The zero-order chi connectivity index (χ0) is 17.6. The summed E-state index contributed by atoms with van der Waals surface area (Å²) < 4.78 is 12.9. The maximum atomic E-state index is 12.3. The zero-order valence-electron chi connectivity index (χ0n) is 14.7. The molecule has 25 heavy (non-hydrogen) atoms. The van der Waals surface area contributed by atoms with Crippen LogP contribution in [0.2, 0.25) is 0 Å². The van der Waals surface area contributed by atoms with E-state index in [4.69, 9.17) is 9.47 Å². The number of carbonyl (C=O) groups is 1. The fourth-order valence-corrected chi connectivity index (χ4v) is 3.08. The van der Waals surface area contributed by atoms with E-state index in [0.717, 1.165) is 37.5 Å². The molecule has 0 bridgehead atoms. The number of piperidine rings is 1. The number of nitrogens with zero attached hydrogens (tertiary/aromatic N) is 4. The highest BCUT2D eigenvalue weighted by Crippen LogP contribution is 2.26. The molecule has 134 valence electrons. The van der Waals surface area contributed by atoms with Crippen LogP contribution in [-0.4, -0.2) is 51.9 Å². The molecule has 7 heteroatoms.